The van der Waals surface area contributed by atoms with Gasteiger partial charge in [0.15, 0.2) is 0 Å². The largest absolute Gasteiger partial charge is 0.393 e. The fraction of sp³-hybridized carbons (Fsp3) is 0.636. The molecule has 1 aliphatic heterocycles. The summed E-state index contributed by atoms with van der Waals surface area (Å²) < 4.78 is 38.3. The molecule has 5 nitrogen and oxygen atoms in total. The van der Waals surface area contributed by atoms with E-state index in [2.05, 4.69) is 15.4 Å². The van der Waals surface area contributed by atoms with Crippen molar-refractivity contribution in [3.05, 3.63) is 11.8 Å². The van der Waals surface area contributed by atoms with Gasteiger partial charge in [0.25, 0.3) is 0 Å². The van der Waals surface area contributed by atoms with Gasteiger partial charge < -0.3 is 4.90 Å². The van der Waals surface area contributed by atoms with Crippen LogP contribution in [-0.2, 0) is 0 Å². The van der Waals surface area contributed by atoms with E-state index in [0.29, 0.717) is 24.5 Å². The predicted octanol–water partition coefficient (Wildman–Crippen LogP) is 1.85. The molecule has 3 N–H and O–H groups in total. The van der Waals surface area contributed by atoms with Crippen LogP contribution in [0.4, 0.5) is 24.9 Å². The molecular weight excluding hydrogens is 259 g/mol. The van der Waals surface area contributed by atoms with E-state index in [1.165, 1.54) is 0 Å². The molecule has 1 fully saturated rings. The van der Waals surface area contributed by atoms with Gasteiger partial charge in [-0.25, -0.2) is 10.8 Å². The minimum atomic E-state index is -4.16. The summed E-state index contributed by atoms with van der Waals surface area (Å²) in [6.07, 6.45) is -3.49. The summed E-state index contributed by atoms with van der Waals surface area (Å²) in [4.78, 5) is 9.76. The van der Waals surface area contributed by atoms with Gasteiger partial charge in [0, 0.05) is 24.8 Å². The molecule has 8 heteroatoms. The molecule has 1 aromatic rings. The maximum Gasteiger partial charge on any atom is 0.393 e. The molecule has 19 heavy (non-hydrogen) atoms. The van der Waals surface area contributed by atoms with Crippen LogP contribution in [0.15, 0.2) is 6.07 Å². The van der Waals surface area contributed by atoms with E-state index >= 15 is 0 Å². The number of nitrogens with two attached hydrogens (primary N) is 1. The number of piperidine rings is 1. The Kier molecular flexibility index (Phi) is 3.79. The minimum absolute atomic E-state index is 0.0655. The molecule has 0 saturated carbocycles. The Balaban J connectivity index is 2.19. The van der Waals surface area contributed by atoms with Gasteiger partial charge in [-0.1, -0.05) is 0 Å². The molecule has 0 aliphatic carbocycles. The van der Waals surface area contributed by atoms with Crippen LogP contribution in [0.5, 0.6) is 0 Å². The number of aromatic nitrogens is 2. The third kappa shape index (κ3) is 3.25. The Morgan fingerprint density at radius 3 is 2.79 bits per heavy atom. The number of nitrogens with zero attached hydrogens (tertiary/aromatic N) is 3. The van der Waals surface area contributed by atoms with Crippen molar-refractivity contribution in [2.24, 2.45) is 11.8 Å². The Bertz CT molecular complexity index is 448. The van der Waals surface area contributed by atoms with Crippen molar-refractivity contribution in [2.45, 2.75) is 25.9 Å². The third-order valence-electron chi connectivity index (χ3n) is 3.18. The average molecular weight is 275 g/mol. The molecule has 2 heterocycles. The van der Waals surface area contributed by atoms with Crippen LogP contribution in [0.25, 0.3) is 0 Å². The van der Waals surface area contributed by atoms with Gasteiger partial charge >= 0.3 is 6.18 Å². The number of rotatable bonds is 2. The zero-order valence-electron chi connectivity index (χ0n) is 10.5. The van der Waals surface area contributed by atoms with Gasteiger partial charge in [-0.2, -0.15) is 18.2 Å². The maximum absolute atomic E-state index is 12.8. The standard InChI is InChI=1S/C11H16F3N5/c1-7-5-9(17-10(16-7)18-15)19-4-2-3-8(6-19)11(12,13)14/h5,8H,2-4,6,15H2,1H3,(H,16,17,18). The van der Waals surface area contributed by atoms with Crippen molar-refractivity contribution < 1.29 is 13.2 Å². The van der Waals surface area contributed by atoms with Gasteiger partial charge in [0.05, 0.1) is 5.92 Å². The smallest absolute Gasteiger partial charge is 0.356 e. The molecule has 1 aliphatic rings. The van der Waals surface area contributed by atoms with E-state index in [4.69, 9.17) is 5.84 Å². The van der Waals surface area contributed by atoms with Crippen molar-refractivity contribution in [3.8, 4) is 0 Å². The van der Waals surface area contributed by atoms with Crippen LogP contribution >= 0.6 is 0 Å². The summed E-state index contributed by atoms with van der Waals surface area (Å²) in [5.41, 5.74) is 2.98. The molecule has 1 unspecified atom stereocenters. The first-order valence-corrected chi connectivity index (χ1v) is 6.04. The average Bonchev–Trinajstić information content (AvgIpc) is 2.37. The molecule has 0 radical (unpaired) electrons. The summed E-state index contributed by atoms with van der Waals surface area (Å²) in [5.74, 6) is 4.63. The van der Waals surface area contributed by atoms with Crippen LogP contribution in [0.3, 0.4) is 0 Å². The van der Waals surface area contributed by atoms with E-state index in [1.807, 2.05) is 0 Å². The van der Waals surface area contributed by atoms with E-state index in [0.717, 1.165) is 0 Å². The van der Waals surface area contributed by atoms with Crippen LogP contribution in [0, 0.1) is 12.8 Å². The summed E-state index contributed by atoms with van der Waals surface area (Å²) in [6, 6.07) is 1.67. The summed E-state index contributed by atoms with van der Waals surface area (Å²) >= 11 is 0. The summed E-state index contributed by atoms with van der Waals surface area (Å²) in [7, 11) is 0. The van der Waals surface area contributed by atoms with E-state index < -0.39 is 12.1 Å². The molecule has 0 aromatic carbocycles. The highest BCUT2D eigenvalue weighted by molar-refractivity contribution is 5.44. The lowest BCUT2D eigenvalue weighted by Crippen LogP contribution is -2.42. The summed E-state index contributed by atoms with van der Waals surface area (Å²) in [5, 5.41) is 0. The SMILES string of the molecule is Cc1cc(N2CCCC(C(F)(F)F)C2)nc(NN)n1. The second kappa shape index (κ2) is 5.20. The Hall–Kier alpha value is -1.57. The van der Waals surface area contributed by atoms with Gasteiger partial charge in [0.2, 0.25) is 5.95 Å². The van der Waals surface area contributed by atoms with E-state index in [-0.39, 0.29) is 18.9 Å². The third-order valence-corrected chi connectivity index (χ3v) is 3.18. The number of nitrogen functional groups attached to an aromatic ring is 1. The molecule has 2 rings (SSSR count). The molecule has 1 aromatic heterocycles. The summed E-state index contributed by atoms with van der Waals surface area (Å²) in [6.45, 7) is 2.24. The highest BCUT2D eigenvalue weighted by Gasteiger charge is 2.42. The predicted molar refractivity (Wildman–Crippen MR) is 65.6 cm³/mol. The lowest BCUT2D eigenvalue weighted by atomic mass is 9.97. The second-order valence-electron chi connectivity index (χ2n) is 4.66. The molecule has 1 saturated heterocycles. The highest BCUT2D eigenvalue weighted by Crippen LogP contribution is 2.34. The van der Waals surface area contributed by atoms with Crippen molar-refractivity contribution in [2.75, 3.05) is 23.4 Å². The van der Waals surface area contributed by atoms with Crippen molar-refractivity contribution >= 4 is 11.8 Å². The quantitative estimate of drug-likeness (QED) is 0.637. The number of anilines is 2. The Labute approximate surface area is 109 Å². The van der Waals surface area contributed by atoms with Crippen LogP contribution in [0.1, 0.15) is 18.5 Å². The lowest BCUT2D eigenvalue weighted by molar-refractivity contribution is -0.176. The first-order chi connectivity index (χ1) is 8.90. The van der Waals surface area contributed by atoms with Gasteiger partial charge in [-0.05, 0) is 19.8 Å². The minimum Gasteiger partial charge on any atom is -0.356 e. The van der Waals surface area contributed by atoms with E-state index in [9.17, 15) is 13.2 Å². The normalized spacial score (nSPS) is 20.5. The van der Waals surface area contributed by atoms with E-state index in [1.54, 1.807) is 17.9 Å². The number of aryl methyl sites for hydroxylation is 1. The van der Waals surface area contributed by atoms with Gasteiger partial charge in [-0.3, -0.25) is 5.43 Å². The van der Waals surface area contributed by atoms with Crippen molar-refractivity contribution in [3.63, 3.8) is 0 Å². The first-order valence-electron chi connectivity index (χ1n) is 6.04. The van der Waals surface area contributed by atoms with Gasteiger partial charge in [-0.15, -0.1) is 0 Å². The van der Waals surface area contributed by atoms with Gasteiger partial charge in [0.1, 0.15) is 5.82 Å². The van der Waals surface area contributed by atoms with Crippen LogP contribution < -0.4 is 16.2 Å². The number of hydrogen-bond donors (Lipinski definition) is 2. The number of hydrazine groups is 1. The van der Waals surface area contributed by atoms with Crippen molar-refractivity contribution in [1.82, 2.24) is 9.97 Å². The lowest BCUT2D eigenvalue weighted by Gasteiger charge is -2.34. The van der Waals surface area contributed by atoms with Crippen LogP contribution in [-0.4, -0.2) is 29.2 Å². The fourth-order valence-electron chi connectivity index (χ4n) is 2.23. The zero-order valence-corrected chi connectivity index (χ0v) is 10.5. The monoisotopic (exact) mass is 275 g/mol. The Morgan fingerprint density at radius 2 is 2.16 bits per heavy atom. The topological polar surface area (TPSA) is 67.1 Å². The number of nitrogens with one attached hydrogen (secondary N) is 1. The zero-order chi connectivity index (χ0) is 14.0. The fourth-order valence-corrected chi connectivity index (χ4v) is 2.23. The molecule has 0 amide bonds. The molecule has 1 atom stereocenters. The molecule has 0 bridgehead atoms. The highest BCUT2D eigenvalue weighted by atomic mass is 19.4. The number of hydrogen-bond acceptors (Lipinski definition) is 5. The maximum atomic E-state index is 12.8. The van der Waals surface area contributed by atoms with Crippen LogP contribution in [0.2, 0.25) is 0 Å². The Morgan fingerprint density at radius 1 is 1.42 bits per heavy atom. The first kappa shape index (κ1) is 13.9. The number of halogens is 3. The second-order valence-corrected chi connectivity index (χ2v) is 4.66. The molecule has 0 spiro atoms. The molecule has 106 valence electrons. The number of alkyl halides is 3. The molecular formula is C11H16F3N5. The van der Waals surface area contributed by atoms with Crippen molar-refractivity contribution in [1.29, 1.82) is 0 Å².